The second-order valence-electron chi connectivity index (χ2n) is 7.56. The molecule has 1 aliphatic rings. The van der Waals surface area contributed by atoms with Crippen LogP contribution in [0.2, 0.25) is 0 Å². The third kappa shape index (κ3) is 4.12. The number of hydrogen-bond donors (Lipinski definition) is 1. The highest BCUT2D eigenvalue weighted by atomic mass is 32.2. The molecule has 0 radical (unpaired) electrons. The van der Waals surface area contributed by atoms with Crippen LogP contribution in [0.25, 0.3) is 10.8 Å². The van der Waals surface area contributed by atoms with Gasteiger partial charge in [0, 0.05) is 44.4 Å². The smallest absolute Gasteiger partial charge is 0.289 e. The Morgan fingerprint density at radius 3 is 2.44 bits per heavy atom. The van der Waals surface area contributed by atoms with Crippen molar-refractivity contribution in [3.05, 3.63) is 70.3 Å². The Kier molecular flexibility index (Phi) is 6.00. The van der Waals surface area contributed by atoms with Crippen molar-refractivity contribution in [2.45, 2.75) is 11.4 Å². The van der Waals surface area contributed by atoms with Crippen molar-refractivity contribution in [3.8, 4) is 11.5 Å². The Morgan fingerprint density at radius 1 is 1.06 bits per heavy atom. The molecule has 0 aliphatic carbocycles. The standard InChI is InChI=1S/C22H23N3O6S/c1-31-17-8-6-16-7-9-21(26)19(18(16)14-17)15-23-10-12-24(13-11-23)32(29,30)22-5-3-2-4-20(22)25(27)28/h2-9,14,26H,10-13,15H2,1H3. The van der Waals surface area contributed by atoms with Crippen LogP contribution in [0.3, 0.4) is 0 Å². The summed E-state index contributed by atoms with van der Waals surface area (Å²) in [6, 6.07) is 14.5. The van der Waals surface area contributed by atoms with E-state index < -0.39 is 20.6 Å². The molecule has 9 nitrogen and oxygen atoms in total. The number of methoxy groups -OCH3 is 1. The molecule has 0 amide bonds. The predicted octanol–water partition coefficient (Wildman–Crippen LogP) is 2.97. The van der Waals surface area contributed by atoms with Gasteiger partial charge in [0.15, 0.2) is 4.90 Å². The second-order valence-corrected chi connectivity index (χ2v) is 9.46. The molecule has 168 valence electrons. The minimum atomic E-state index is -3.99. The Hall–Kier alpha value is -3.21. The van der Waals surface area contributed by atoms with Gasteiger partial charge in [0.25, 0.3) is 5.69 Å². The number of nitrogens with zero attached hydrogens (tertiary/aromatic N) is 3. The van der Waals surface area contributed by atoms with E-state index in [4.69, 9.17) is 4.74 Å². The summed E-state index contributed by atoms with van der Waals surface area (Å²) in [4.78, 5) is 12.4. The van der Waals surface area contributed by atoms with Gasteiger partial charge in [0.2, 0.25) is 10.0 Å². The Labute approximate surface area is 185 Å². The fourth-order valence-electron chi connectivity index (χ4n) is 3.96. The molecular weight excluding hydrogens is 434 g/mol. The first-order valence-electron chi connectivity index (χ1n) is 10.1. The topological polar surface area (TPSA) is 113 Å². The van der Waals surface area contributed by atoms with Crippen molar-refractivity contribution >= 4 is 26.5 Å². The van der Waals surface area contributed by atoms with Crippen LogP contribution in [0.15, 0.2) is 59.5 Å². The molecule has 3 aromatic carbocycles. The van der Waals surface area contributed by atoms with Crippen LogP contribution in [0, 0.1) is 10.1 Å². The van der Waals surface area contributed by atoms with Crippen molar-refractivity contribution in [1.29, 1.82) is 0 Å². The first kappa shape index (κ1) is 22.0. The summed E-state index contributed by atoms with van der Waals surface area (Å²) in [6.45, 7) is 1.70. The van der Waals surface area contributed by atoms with E-state index in [9.17, 15) is 23.6 Å². The Bertz CT molecular complexity index is 1270. The Balaban J connectivity index is 1.53. The highest BCUT2D eigenvalue weighted by molar-refractivity contribution is 7.89. The van der Waals surface area contributed by atoms with E-state index in [-0.39, 0.29) is 23.7 Å². The molecule has 1 N–H and O–H groups in total. The number of phenolic OH excluding ortho intramolecular Hbond substituents is 1. The van der Waals surface area contributed by atoms with Gasteiger partial charge in [-0.05, 0) is 35.0 Å². The summed E-state index contributed by atoms with van der Waals surface area (Å²) in [5.41, 5.74) is 0.320. The van der Waals surface area contributed by atoms with Gasteiger partial charge in [-0.3, -0.25) is 15.0 Å². The van der Waals surface area contributed by atoms with Gasteiger partial charge >= 0.3 is 0 Å². The van der Waals surface area contributed by atoms with E-state index in [1.54, 1.807) is 13.2 Å². The zero-order valence-electron chi connectivity index (χ0n) is 17.5. The van der Waals surface area contributed by atoms with Gasteiger partial charge < -0.3 is 9.84 Å². The number of fused-ring (bicyclic) bond motifs is 1. The van der Waals surface area contributed by atoms with Crippen LogP contribution in [-0.2, 0) is 16.6 Å². The van der Waals surface area contributed by atoms with Gasteiger partial charge in [-0.2, -0.15) is 4.31 Å². The number of rotatable bonds is 6. The maximum Gasteiger partial charge on any atom is 0.289 e. The number of ether oxygens (including phenoxy) is 1. The molecule has 1 heterocycles. The van der Waals surface area contributed by atoms with Crippen LogP contribution in [0.1, 0.15) is 5.56 Å². The fourth-order valence-corrected chi connectivity index (χ4v) is 5.54. The minimum absolute atomic E-state index is 0.167. The van der Waals surface area contributed by atoms with Crippen LogP contribution in [0.4, 0.5) is 5.69 Å². The lowest BCUT2D eigenvalue weighted by molar-refractivity contribution is -0.387. The number of sulfonamides is 1. The van der Waals surface area contributed by atoms with Crippen molar-refractivity contribution in [3.63, 3.8) is 0 Å². The molecule has 0 spiro atoms. The summed E-state index contributed by atoms with van der Waals surface area (Å²) >= 11 is 0. The number of nitro benzene ring substituents is 1. The van der Waals surface area contributed by atoms with Crippen LogP contribution < -0.4 is 4.74 Å². The molecule has 10 heteroatoms. The monoisotopic (exact) mass is 457 g/mol. The molecule has 0 atom stereocenters. The molecule has 1 aliphatic heterocycles. The van der Waals surface area contributed by atoms with Gasteiger partial charge in [-0.15, -0.1) is 0 Å². The molecule has 1 saturated heterocycles. The van der Waals surface area contributed by atoms with Crippen molar-refractivity contribution in [2.75, 3.05) is 33.3 Å². The SMILES string of the molecule is COc1ccc2ccc(O)c(CN3CCN(S(=O)(=O)c4ccccc4[N+](=O)[O-])CC3)c2c1. The van der Waals surface area contributed by atoms with E-state index in [1.165, 1.54) is 28.6 Å². The Morgan fingerprint density at radius 2 is 1.75 bits per heavy atom. The largest absolute Gasteiger partial charge is 0.508 e. The molecule has 0 aromatic heterocycles. The number of hydrogen-bond acceptors (Lipinski definition) is 7. The zero-order valence-corrected chi connectivity index (χ0v) is 18.3. The van der Waals surface area contributed by atoms with E-state index in [0.29, 0.717) is 25.4 Å². The molecular formula is C22H23N3O6S. The van der Waals surface area contributed by atoms with Crippen molar-refractivity contribution in [2.24, 2.45) is 0 Å². The van der Waals surface area contributed by atoms with Gasteiger partial charge in [-0.25, -0.2) is 8.42 Å². The van der Waals surface area contributed by atoms with Gasteiger partial charge in [0.05, 0.1) is 12.0 Å². The number of nitro groups is 1. The molecule has 1 fully saturated rings. The van der Waals surface area contributed by atoms with Crippen LogP contribution in [-0.4, -0.2) is 60.9 Å². The van der Waals surface area contributed by atoms with E-state index in [1.807, 2.05) is 24.3 Å². The maximum atomic E-state index is 13.0. The van der Waals surface area contributed by atoms with Crippen LogP contribution in [0.5, 0.6) is 11.5 Å². The summed E-state index contributed by atoms with van der Waals surface area (Å²) < 4.78 is 32.6. The number of para-hydroxylation sites is 1. The number of aromatic hydroxyl groups is 1. The molecule has 0 unspecified atom stereocenters. The third-order valence-electron chi connectivity index (χ3n) is 5.71. The quantitative estimate of drug-likeness (QED) is 0.447. The summed E-state index contributed by atoms with van der Waals surface area (Å²) in [5.74, 6) is 0.852. The highest BCUT2D eigenvalue weighted by Gasteiger charge is 2.33. The van der Waals surface area contributed by atoms with Gasteiger partial charge in [-0.1, -0.05) is 24.3 Å². The summed E-state index contributed by atoms with van der Waals surface area (Å²) in [5, 5.41) is 23.6. The first-order valence-corrected chi connectivity index (χ1v) is 11.5. The minimum Gasteiger partial charge on any atom is -0.508 e. The highest BCUT2D eigenvalue weighted by Crippen LogP contribution is 2.32. The van der Waals surface area contributed by atoms with E-state index in [0.717, 1.165) is 16.3 Å². The average Bonchev–Trinajstić information content (AvgIpc) is 2.81. The van der Waals surface area contributed by atoms with Crippen molar-refractivity contribution in [1.82, 2.24) is 9.21 Å². The summed E-state index contributed by atoms with van der Waals surface area (Å²) in [6.07, 6.45) is 0. The number of phenols is 1. The predicted molar refractivity (Wildman–Crippen MR) is 119 cm³/mol. The number of piperazine rings is 1. The average molecular weight is 458 g/mol. The molecule has 32 heavy (non-hydrogen) atoms. The fraction of sp³-hybridized carbons (Fsp3) is 0.273. The molecule has 4 rings (SSSR count). The lowest BCUT2D eigenvalue weighted by Gasteiger charge is -2.34. The molecule has 0 bridgehead atoms. The van der Waals surface area contributed by atoms with Gasteiger partial charge in [0.1, 0.15) is 11.5 Å². The zero-order chi connectivity index (χ0) is 22.9. The van der Waals surface area contributed by atoms with Crippen molar-refractivity contribution < 1.29 is 23.2 Å². The van der Waals surface area contributed by atoms with Crippen LogP contribution >= 0.6 is 0 Å². The second kappa shape index (κ2) is 8.73. The lowest BCUT2D eigenvalue weighted by atomic mass is 10.0. The summed E-state index contributed by atoms with van der Waals surface area (Å²) in [7, 11) is -2.40. The van der Waals surface area contributed by atoms with E-state index >= 15 is 0 Å². The lowest BCUT2D eigenvalue weighted by Crippen LogP contribution is -2.48. The van der Waals surface area contributed by atoms with E-state index in [2.05, 4.69) is 4.90 Å². The normalized spacial score (nSPS) is 15.7. The number of benzene rings is 3. The molecule has 0 saturated carbocycles. The molecule has 3 aromatic rings. The first-order chi connectivity index (χ1) is 15.3. The third-order valence-corrected chi connectivity index (χ3v) is 7.65. The maximum absolute atomic E-state index is 13.0.